The van der Waals surface area contributed by atoms with Gasteiger partial charge in [-0.2, -0.15) is 0 Å². The number of aliphatic hydroxyl groups excluding tert-OH is 1. The highest BCUT2D eigenvalue weighted by atomic mass is 16.7. The topological polar surface area (TPSA) is 96.3 Å². The van der Waals surface area contributed by atoms with E-state index >= 15 is 0 Å². The number of rotatable bonds is 5. The van der Waals surface area contributed by atoms with Crippen LogP contribution in [0.1, 0.15) is 10.4 Å². The molecule has 1 aliphatic heterocycles. The van der Waals surface area contributed by atoms with Crippen molar-refractivity contribution in [2.45, 2.75) is 6.04 Å². The molecule has 1 aliphatic rings. The SMILES string of the molecule is O=C(O)[C@H](CO)N(C(=O)c1ccccc1)c1ccc2c(c1)OCO2. The quantitative estimate of drug-likeness (QED) is 0.863. The summed E-state index contributed by atoms with van der Waals surface area (Å²) < 4.78 is 10.5. The Morgan fingerprint density at radius 2 is 1.79 bits per heavy atom. The van der Waals surface area contributed by atoms with Gasteiger partial charge in [0.05, 0.1) is 6.61 Å². The zero-order valence-electron chi connectivity index (χ0n) is 12.6. The Labute approximate surface area is 137 Å². The third-order valence-corrected chi connectivity index (χ3v) is 3.64. The number of hydrogen-bond acceptors (Lipinski definition) is 5. The van der Waals surface area contributed by atoms with Gasteiger partial charge in [0, 0.05) is 17.3 Å². The molecule has 7 nitrogen and oxygen atoms in total. The van der Waals surface area contributed by atoms with Gasteiger partial charge in [0.25, 0.3) is 5.91 Å². The Kier molecular flexibility index (Phi) is 4.35. The lowest BCUT2D eigenvalue weighted by Crippen LogP contribution is -2.47. The molecule has 0 saturated heterocycles. The lowest BCUT2D eigenvalue weighted by Gasteiger charge is -2.28. The van der Waals surface area contributed by atoms with E-state index in [1.165, 1.54) is 6.07 Å². The van der Waals surface area contributed by atoms with Crippen molar-refractivity contribution in [2.75, 3.05) is 18.3 Å². The highest BCUT2D eigenvalue weighted by molar-refractivity contribution is 6.09. The number of nitrogens with zero attached hydrogens (tertiary/aromatic N) is 1. The van der Waals surface area contributed by atoms with E-state index in [9.17, 15) is 19.8 Å². The minimum Gasteiger partial charge on any atom is -0.480 e. The van der Waals surface area contributed by atoms with Crippen LogP contribution in [0.15, 0.2) is 48.5 Å². The normalized spacial score (nSPS) is 13.4. The molecule has 3 rings (SSSR count). The zero-order chi connectivity index (χ0) is 17.1. The third-order valence-electron chi connectivity index (χ3n) is 3.64. The van der Waals surface area contributed by atoms with Crippen LogP contribution in [-0.2, 0) is 4.79 Å². The van der Waals surface area contributed by atoms with Crippen molar-refractivity contribution in [3.8, 4) is 11.5 Å². The largest absolute Gasteiger partial charge is 0.480 e. The summed E-state index contributed by atoms with van der Waals surface area (Å²) in [4.78, 5) is 25.4. The lowest BCUT2D eigenvalue weighted by molar-refractivity contribution is -0.139. The standard InChI is InChI=1S/C17H15NO6/c19-9-13(17(21)22)18(16(20)11-4-2-1-3-5-11)12-6-7-14-15(8-12)24-10-23-14/h1-8,13,19H,9-10H2,(H,21,22)/t13-/m0/s1. The van der Waals surface area contributed by atoms with Gasteiger partial charge in [-0.25, -0.2) is 4.79 Å². The molecule has 0 spiro atoms. The number of ether oxygens (including phenoxy) is 2. The summed E-state index contributed by atoms with van der Waals surface area (Å²) in [6, 6.07) is 11.5. The van der Waals surface area contributed by atoms with Crippen LogP contribution >= 0.6 is 0 Å². The molecule has 0 aromatic heterocycles. The molecule has 1 amide bonds. The molecule has 1 heterocycles. The number of carbonyl (C=O) groups is 2. The van der Waals surface area contributed by atoms with E-state index in [1.807, 2.05) is 0 Å². The van der Waals surface area contributed by atoms with Crippen molar-refractivity contribution < 1.29 is 29.3 Å². The summed E-state index contributed by atoms with van der Waals surface area (Å²) in [7, 11) is 0. The number of aliphatic carboxylic acids is 1. The number of carboxylic acid groups (broad SMARTS) is 1. The number of amides is 1. The Morgan fingerprint density at radius 3 is 2.46 bits per heavy atom. The number of anilines is 1. The Bertz CT molecular complexity index is 761. The summed E-state index contributed by atoms with van der Waals surface area (Å²) in [6.45, 7) is -0.657. The van der Waals surface area contributed by atoms with Crippen molar-refractivity contribution in [1.82, 2.24) is 0 Å². The molecule has 124 valence electrons. The maximum Gasteiger partial charge on any atom is 0.329 e. The number of aliphatic hydroxyl groups is 1. The lowest BCUT2D eigenvalue weighted by atomic mass is 10.1. The number of fused-ring (bicyclic) bond motifs is 1. The van der Waals surface area contributed by atoms with Gasteiger partial charge < -0.3 is 19.7 Å². The first-order valence-electron chi connectivity index (χ1n) is 7.23. The molecule has 2 aromatic rings. The van der Waals surface area contributed by atoms with Crippen LogP contribution in [-0.4, -0.2) is 41.5 Å². The Balaban J connectivity index is 2.05. The van der Waals surface area contributed by atoms with Crippen LogP contribution in [0.25, 0.3) is 0 Å². The second-order valence-electron chi connectivity index (χ2n) is 5.12. The van der Waals surface area contributed by atoms with Crippen LogP contribution in [0.5, 0.6) is 11.5 Å². The predicted molar refractivity (Wildman–Crippen MR) is 84.3 cm³/mol. The molecule has 0 bridgehead atoms. The first-order chi connectivity index (χ1) is 11.6. The molecule has 2 aromatic carbocycles. The monoisotopic (exact) mass is 329 g/mol. The van der Waals surface area contributed by atoms with Gasteiger partial charge in [-0.05, 0) is 24.3 Å². The second kappa shape index (κ2) is 6.59. The van der Waals surface area contributed by atoms with Gasteiger partial charge in [-0.3, -0.25) is 9.69 Å². The molecular formula is C17H15NO6. The molecule has 0 fully saturated rings. The van der Waals surface area contributed by atoms with Gasteiger partial charge in [-0.15, -0.1) is 0 Å². The van der Waals surface area contributed by atoms with E-state index in [0.717, 1.165) is 4.90 Å². The average Bonchev–Trinajstić information content (AvgIpc) is 3.07. The molecule has 0 radical (unpaired) electrons. The van der Waals surface area contributed by atoms with Crippen LogP contribution < -0.4 is 14.4 Å². The molecule has 1 atom stereocenters. The summed E-state index contributed by atoms with van der Waals surface area (Å²) >= 11 is 0. The molecular weight excluding hydrogens is 314 g/mol. The van der Waals surface area contributed by atoms with E-state index < -0.39 is 24.5 Å². The minimum absolute atomic E-state index is 0.0633. The van der Waals surface area contributed by atoms with Gasteiger partial charge >= 0.3 is 5.97 Å². The van der Waals surface area contributed by atoms with E-state index in [4.69, 9.17) is 9.47 Å². The van der Waals surface area contributed by atoms with Gasteiger partial charge in [-0.1, -0.05) is 18.2 Å². The summed E-state index contributed by atoms with van der Waals surface area (Å²) in [5.74, 6) is -0.905. The number of hydrogen-bond donors (Lipinski definition) is 2. The smallest absolute Gasteiger partial charge is 0.329 e. The first kappa shape index (κ1) is 15.8. The van der Waals surface area contributed by atoms with Crippen LogP contribution in [0.4, 0.5) is 5.69 Å². The van der Waals surface area contributed by atoms with Gasteiger partial charge in [0.2, 0.25) is 6.79 Å². The Morgan fingerprint density at radius 1 is 1.08 bits per heavy atom. The molecule has 2 N–H and O–H groups in total. The maximum absolute atomic E-state index is 12.8. The van der Waals surface area contributed by atoms with Crippen molar-refractivity contribution in [3.63, 3.8) is 0 Å². The fraction of sp³-hybridized carbons (Fsp3) is 0.176. The summed E-state index contributed by atoms with van der Waals surface area (Å²) in [5.41, 5.74) is 0.615. The highest BCUT2D eigenvalue weighted by Gasteiger charge is 2.32. The Hall–Kier alpha value is -3.06. The fourth-order valence-electron chi connectivity index (χ4n) is 2.46. The van der Waals surface area contributed by atoms with Crippen molar-refractivity contribution in [2.24, 2.45) is 0 Å². The number of benzene rings is 2. The first-order valence-corrected chi connectivity index (χ1v) is 7.23. The van der Waals surface area contributed by atoms with E-state index in [0.29, 0.717) is 22.7 Å². The average molecular weight is 329 g/mol. The molecule has 0 aliphatic carbocycles. The van der Waals surface area contributed by atoms with E-state index in [1.54, 1.807) is 42.5 Å². The van der Waals surface area contributed by atoms with Crippen LogP contribution in [0.2, 0.25) is 0 Å². The van der Waals surface area contributed by atoms with E-state index in [2.05, 4.69) is 0 Å². The predicted octanol–water partition coefficient (Wildman–Crippen LogP) is 1.51. The molecule has 24 heavy (non-hydrogen) atoms. The highest BCUT2D eigenvalue weighted by Crippen LogP contribution is 2.36. The maximum atomic E-state index is 12.8. The molecule has 0 saturated carbocycles. The van der Waals surface area contributed by atoms with Crippen molar-refractivity contribution in [3.05, 3.63) is 54.1 Å². The number of carbonyl (C=O) groups excluding carboxylic acids is 1. The zero-order valence-corrected chi connectivity index (χ0v) is 12.6. The van der Waals surface area contributed by atoms with Gasteiger partial charge in [0.1, 0.15) is 0 Å². The molecule has 7 heteroatoms. The van der Waals surface area contributed by atoms with Gasteiger partial charge in [0.15, 0.2) is 17.5 Å². The third kappa shape index (κ3) is 2.89. The minimum atomic E-state index is -1.42. The van der Waals surface area contributed by atoms with Crippen molar-refractivity contribution in [1.29, 1.82) is 0 Å². The fourth-order valence-corrected chi connectivity index (χ4v) is 2.46. The van der Waals surface area contributed by atoms with Crippen LogP contribution in [0.3, 0.4) is 0 Å². The van der Waals surface area contributed by atoms with Crippen molar-refractivity contribution >= 4 is 17.6 Å². The summed E-state index contributed by atoms with van der Waals surface area (Å²) in [6.07, 6.45) is 0. The summed E-state index contributed by atoms with van der Waals surface area (Å²) in [5, 5.41) is 18.9. The molecule has 0 unspecified atom stereocenters. The van der Waals surface area contributed by atoms with Crippen LogP contribution in [0, 0.1) is 0 Å². The second-order valence-corrected chi connectivity index (χ2v) is 5.12. The van der Waals surface area contributed by atoms with E-state index in [-0.39, 0.29) is 6.79 Å². The number of carboxylic acids is 1.